The minimum atomic E-state index is 0.0313. The van der Waals surface area contributed by atoms with Crippen molar-refractivity contribution >= 4 is 108 Å². The molecule has 15 aromatic carbocycles. The van der Waals surface area contributed by atoms with Gasteiger partial charge in [0, 0.05) is 5.92 Å². The van der Waals surface area contributed by atoms with E-state index in [1.165, 1.54) is 191 Å². The van der Waals surface area contributed by atoms with Crippen LogP contribution < -0.4 is 0 Å². The number of rotatable bonds is 6. The molecule has 0 saturated carbocycles. The Morgan fingerprint density at radius 2 is 0.866 bits per heavy atom. The van der Waals surface area contributed by atoms with Crippen molar-refractivity contribution in [1.29, 1.82) is 0 Å². The maximum atomic E-state index is 2.64. The second-order valence-corrected chi connectivity index (χ2v) is 26.2. The Labute approximate surface area is 480 Å². The normalized spacial score (nSPS) is 15.5. The molecule has 0 radical (unpaired) electrons. The van der Waals surface area contributed by atoms with Gasteiger partial charge in [-0.05, 0) is 239 Å². The van der Waals surface area contributed by atoms with E-state index in [9.17, 15) is 0 Å². The number of fused-ring (bicyclic) bond motifs is 12. The summed E-state index contributed by atoms with van der Waals surface area (Å²) < 4.78 is 0. The van der Waals surface area contributed by atoms with E-state index in [2.05, 4.69) is 263 Å². The van der Waals surface area contributed by atoms with E-state index >= 15 is 0 Å². The summed E-state index contributed by atoms with van der Waals surface area (Å²) in [6.07, 6.45) is 9.49. The molecule has 0 N–H and O–H groups in total. The second kappa shape index (κ2) is 16.9. The Kier molecular flexibility index (Phi) is 9.86. The first-order valence-electron chi connectivity index (χ1n) is 30.1. The van der Waals surface area contributed by atoms with Gasteiger partial charge in [0.05, 0.1) is 0 Å². The maximum absolute atomic E-state index is 2.64. The molecule has 2 atom stereocenters. The van der Waals surface area contributed by atoms with Gasteiger partial charge in [0.25, 0.3) is 0 Å². The van der Waals surface area contributed by atoms with Crippen LogP contribution in [0, 0.1) is 12.8 Å². The molecule has 0 aromatic heterocycles. The van der Waals surface area contributed by atoms with Crippen LogP contribution in [0.4, 0.5) is 0 Å². The predicted molar refractivity (Wildman–Crippen MR) is 358 cm³/mol. The molecule has 0 nitrogen and oxygen atoms in total. The molecule has 0 heterocycles. The predicted octanol–water partition coefficient (Wildman–Crippen LogP) is 23.9. The van der Waals surface area contributed by atoms with Gasteiger partial charge in [-0.2, -0.15) is 0 Å². The molecular formula is C82H64. The monoisotopic (exact) mass is 1050 g/mol. The summed E-state index contributed by atoms with van der Waals surface area (Å²) in [7, 11) is 0. The van der Waals surface area contributed by atoms with Gasteiger partial charge >= 0.3 is 0 Å². The first-order valence-corrected chi connectivity index (χ1v) is 30.1. The van der Waals surface area contributed by atoms with Gasteiger partial charge in [0.2, 0.25) is 0 Å². The highest BCUT2D eigenvalue weighted by atomic mass is 14.4. The van der Waals surface area contributed by atoms with Crippen molar-refractivity contribution in [3.05, 3.63) is 228 Å². The van der Waals surface area contributed by atoms with E-state index in [-0.39, 0.29) is 11.3 Å². The summed E-state index contributed by atoms with van der Waals surface area (Å²) in [6.45, 7) is 21.1. The highest BCUT2D eigenvalue weighted by Gasteiger charge is 2.33. The lowest BCUT2D eigenvalue weighted by atomic mass is 9.77. The fourth-order valence-electron chi connectivity index (χ4n) is 16.4. The minimum absolute atomic E-state index is 0.0313. The van der Waals surface area contributed by atoms with Crippen LogP contribution in [0.1, 0.15) is 101 Å². The molecule has 2 unspecified atom stereocenters. The summed E-state index contributed by atoms with van der Waals surface area (Å²) in [5, 5.41) is 27.2. The molecule has 0 heteroatoms. The summed E-state index contributed by atoms with van der Waals surface area (Å²) in [6, 6.07) is 69.5. The average Bonchev–Trinajstić information content (AvgIpc) is 1.94. The lowest BCUT2D eigenvalue weighted by Gasteiger charge is -2.26. The van der Waals surface area contributed by atoms with E-state index in [0.29, 0.717) is 17.8 Å². The van der Waals surface area contributed by atoms with Gasteiger partial charge in [-0.3, -0.25) is 0 Å². The van der Waals surface area contributed by atoms with Crippen molar-refractivity contribution in [3.8, 4) is 55.6 Å². The van der Waals surface area contributed by atoms with Gasteiger partial charge < -0.3 is 0 Å². The van der Waals surface area contributed by atoms with Crippen molar-refractivity contribution in [2.75, 3.05) is 0 Å². The Hall–Kier alpha value is -8.84. The van der Waals surface area contributed by atoms with E-state index in [0.717, 1.165) is 0 Å². The van der Waals surface area contributed by atoms with Gasteiger partial charge in [-0.15, -0.1) is 0 Å². The zero-order chi connectivity index (χ0) is 55.4. The van der Waals surface area contributed by atoms with Gasteiger partial charge in [-0.25, -0.2) is 0 Å². The third kappa shape index (κ3) is 6.28. The third-order valence-corrected chi connectivity index (χ3v) is 20.0. The van der Waals surface area contributed by atoms with Gasteiger partial charge in [-0.1, -0.05) is 237 Å². The molecule has 2 aliphatic rings. The van der Waals surface area contributed by atoms with E-state index in [1.54, 1.807) is 0 Å². The van der Waals surface area contributed by atoms with E-state index in [1.807, 2.05) is 0 Å². The molecular weight excluding hydrogens is 985 g/mol. The van der Waals surface area contributed by atoms with Crippen LogP contribution in [-0.4, -0.2) is 0 Å². The SMILES string of the molecule is Cc1ccccc1-c1c2cc3c(cc2c(C2C=CC=CC2C)c2c4ccc5c6ccc7c8c(ccc(c9ccc(c12)c4c95)c86)-c1ccc(-c2ccccc2C(C)(C)C)cc1-7)c1ccc(-c2c(C(C)C)cccc2C(C)C)c2cccc3c21. The third-order valence-electron chi connectivity index (χ3n) is 20.0. The first kappa shape index (κ1) is 47.9. The Balaban J connectivity index is 0.976. The number of benzene rings is 13. The molecule has 15 aromatic rings. The summed E-state index contributed by atoms with van der Waals surface area (Å²) in [5.41, 5.74) is 20.4. The molecule has 0 saturated heterocycles. The summed E-state index contributed by atoms with van der Waals surface area (Å²) >= 11 is 0. The molecule has 0 fully saturated rings. The van der Waals surface area contributed by atoms with Crippen molar-refractivity contribution in [2.45, 2.75) is 85.5 Å². The molecule has 0 aliphatic heterocycles. The molecule has 0 spiro atoms. The van der Waals surface area contributed by atoms with Gasteiger partial charge in [0.1, 0.15) is 0 Å². The topological polar surface area (TPSA) is 0 Å². The van der Waals surface area contributed by atoms with Crippen molar-refractivity contribution in [3.63, 3.8) is 0 Å². The highest BCUT2D eigenvalue weighted by molar-refractivity contribution is 6.46. The van der Waals surface area contributed by atoms with Gasteiger partial charge in [0.15, 0.2) is 0 Å². The molecule has 392 valence electrons. The molecule has 17 rings (SSSR count). The number of hydrogen-bond acceptors (Lipinski definition) is 0. The summed E-state index contributed by atoms with van der Waals surface area (Å²) in [5.74, 6) is 1.28. The van der Waals surface area contributed by atoms with Crippen molar-refractivity contribution in [1.82, 2.24) is 0 Å². The zero-order valence-electron chi connectivity index (χ0n) is 48.4. The van der Waals surface area contributed by atoms with E-state index in [4.69, 9.17) is 0 Å². The number of aryl methyl sites for hydroxylation is 1. The fraction of sp³-hybridized carbons (Fsp3) is 0.171. The molecule has 2 aliphatic carbocycles. The quantitative estimate of drug-likeness (QED) is 0.115. The molecule has 82 heavy (non-hydrogen) atoms. The molecule has 0 bridgehead atoms. The average molecular weight is 1050 g/mol. The van der Waals surface area contributed by atoms with Crippen molar-refractivity contribution < 1.29 is 0 Å². The maximum Gasteiger partial charge on any atom is 0.00939 e. The lowest BCUT2D eigenvalue weighted by molar-refractivity contribution is 0.592. The minimum Gasteiger partial charge on any atom is -0.0808 e. The Morgan fingerprint density at radius 1 is 0.341 bits per heavy atom. The van der Waals surface area contributed by atoms with E-state index < -0.39 is 0 Å². The second-order valence-electron chi connectivity index (χ2n) is 26.2. The zero-order valence-corrected chi connectivity index (χ0v) is 48.4. The largest absolute Gasteiger partial charge is 0.0808 e. The fourth-order valence-corrected chi connectivity index (χ4v) is 16.4. The smallest absolute Gasteiger partial charge is 0.00939 e. The number of hydrogen-bond donors (Lipinski definition) is 0. The van der Waals surface area contributed by atoms with Crippen LogP contribution in [0.2, 0.25) is 0 Å². The van der Waals surface area contributed by atoms with Crippen LogP contribution >= 0.6 is 0 Å². The molecule has 0 amide bonds. The Morgan fingerprint density at radius 3 is 1.55 bits per heavy atom. The summed E-state index contributed by atoms with van der Waals surface area (Å²) in [4.78, 5) is 0. The van der Waals surface area contributed by atoms with Crippen molar-refractivity contribution in [2.24, 2.45) is 5.92 Å². The van der Waals surface area contributed by atoms with Crippen LogP contribution in [-0.2, 0) is 5.41 Å². The van der Waals surface area contributed by atoms with Crippen LogP contribution in [0.3, 0.4) is 0 Å². The van der Waals surface area contributed by atoms with Crippen LogP contribution in [0.25, 0.3) is 163 Å². The van der Waals surface area contributed by atoms with Crippen LogP contribution in [0.5, 0.6) is 0 Å². The Bertz CT molecular complexity index is 5290. The van der Waals surface area contributed by atoms with Crippen LogP contribution in [0.15, 0.2) is 200 Å². The lowest BCUT2D eigenvalue weighted by Crippen LogP contribution is -2.12. The standard InChI is InChI=1S/C82H64/c1-43(2)48-23-16-24-49(44(3)4)72(48)57-31-34-62-68-42-70-69(41-67(68)55-26-17-25-54(57)73(55)62)74(50-20-12-10-18-45(50)5)80-64-38-36-60-58-32-30-56-53-29-28-47(52-22-14-15-27-71(52)82(7,8)9)40-66(53)63-35-33-59(77(58)76(56)63)61-37-39-65(79(64)78(60)61)81(80)75(70)51-21-13-11-19-46(51)6/h10-44,46,51H,1-9H3. The highest BCUT2D eigenvalue weighted by Crippen LogP contribution is 2.58. The number of allylic oxidation sites excluding steroid dienone is 4. The first-order chi connectivity index (χ1) is 39.9.